The lowest BCUT2D eigenvalue weighted by atomic mass is 10.2. The molecule has 1 aliphatic rings. The number of hydrogen-bond acceptors (Lipinski definition) is 10. The van der Waals surface area contributed by atoms with Gasteiger partial charge in [0.25, 0.3) is 11.8 Å². The van der Waals surface area contributed by atoms with Crippen molar-refractivity contribution in [1.82, 2.24) is 24.6 Å². The summed E-state index contributed by atoms with van der Waals surface area (Å²) >= 11 is 6.04. The topological polar surface area (TPSA) is 136 Å². The molecule has 0 unspecified atom stereocenters. The summed E-state index contributed by atoms with van der Waals surface area (Å²) in [6.07, 6.45) is 2.25. The zero-order chi connectivity index (χ0) is 25.5. The third-order valence-corrected chi connectivity index (χ3v) is 5.99. The van der Waals surface area contributed by atoms with E-state index in [4.69, 9.17) is 11.6 Å². The van der Waals surface area contributed by atoms with Crippen molar-refractivity contribution in [3.8, 4) is 0 Å². The maximum absolute atomic E-state index is 11.7. The van der Waals surface area contributed by atoms with Gasteiger partial charge in [-0.3, -0.25) is 29.2 Å². The van der Waals surface area contributed by atoms with Crippen LogP contribution >= 0.6 is 11.6 Å². The molecule has 0 atom stereocenters. The number of pyridine rings is 1. The molecule has 192 valence electrons. The molecule has 2 heterocycles. The van der Waals surface area contributed by atoms with Gasteiger partial charge in [0.15, 0.2) is 0 Å². The van der Waals surface area contributed by atoms with Crippen LogP contribution in [0.5, 0.6) is 0 Å². The van der Waals surface area contributed by atoms with Crippen LogP contribution in [0.15, 0.2) is 28.6 Å². The van der Waals surface area contributed by atoms with E-state index in [-0.39, 0.29) is 13.1 Å². The Morgan fingerprint density at radius 3 is 1.89 bits per heavy atom. The molecule has 1 aromatic heterocycles. The minimum Gasteiger partial charge on any atom is -0.302 e. The van der Waals surface area contributed by atoms with Crippen molar-refractivity contribution < 1.29 is 14.4 Å². The fourth-order valence-electron chi connectivity index (χ4n) is 4.02. The van der Waals surface area contributed by atoms with E-state index in [2.05, 4.69) is 25.1 Å². The van der Waals surface area contributed by atoms with Crippen molar-refractivity contribution in [3.63, 3.8) is 0 Å². The lowest BCUT2D eigenvalue weighted by molar-refractivity contribution is -0.120. The van der Waals surface area contributed by atoms with Crippen molar-refractivity contribution in [3.05, 3.63) is 38.9 Å². The molecule has 0 spiro atoms. The monoisotopic (exact) mass is 509 g/mol. The van der Waals surface area contributed by atoms with Crippen molar-refractivity contribution in [2.24, 2.45) is 10.4 Å². The number of halogens is 1. The minimum atomic E-state index is -0.765. The second-order valence-corrected chi connectivity index (χ2v) is 8.81. The number of amides is 2. The number of hydrogen-bond donors (Lipinski definition) is 0. The highest BCUT2D eigenvalue weighted by Crippen LogP contribution is 2.10. The highest BCUT2D eigenvalue weighted by Gasteiger charge is 2.18. The molecule has 12 nitrogen and oxygen atoms in total. The van der Waals surface area contributed by atoms with E-state index in [1.54, 1.807) is 11.0 Å². The maximum Gasteiger partial charge on any atom is 0.300 e. The standard InChI is InChI=1S/C22H32ClN7O5/c23-20-5-1-4-19(24-20)16-28-7-3-9-30(18-22(33)26-35)13-12-29(17-21(32)25-34)8-2-6-27(10-11-28)14-15-31/h1,4-5,15H,2-3,6-14,16-18H2. The predicted octanol–water partition coefficient (Wildman–Crippen LogP) is 1.02. The second kappa shape index (κ2) is 16.2. The van der Waals surface area contributed by atoms with Gasteiger partial charge in [-0.1, -0.05) is 17.7 Å². The number of carbonyl (C=O) groups is 3. The van der Waals surface area contributed by atoms with Gasteiger partial charge in [-0.25, -0.2) is 4.98 Å². The number of aromatic nitrogens is 1. The Hall–Kier alpha value is -2.51. The Bertz CT molecular complexity index is 859. The Labute approximate surface area is 209 Å². The first kappa shape index (κ1) is 28.7. The molecule has 13 heteroatoms. The van der Waals surface area contributed by atoms with E-state index in [9.17, 15) is 24.2 Å². The van der Waals surface area contributed by atoms with E-state index in [0.29, 0.717) is 83.4 Å². The first-order chi connectivity index (χ1) is 16.9. The molecule has 0 saturated carbocycles. The minimum absolute atomic E-state index is 0.111. The Balaban J connectivity index is 2.14. The molecule has 1 aromatic rings. The molecule has 1 aliphatic heterocycles. The summed E-state index contributed by atoms with van der Waals surface area (Å²) in [5, 5.41) is 5.41. The third-order valence-electron chi connectivity index (χ3n) is 5.77. The van der Waals surface area contributed by atoms with Crippen LogP contribution < -0.4 is 0 Å². The van der Waals surface area contributed by atoms with Crippen molar-refractivity contribution in [2.45, 2.75) is 19.4 Å². The fraction of sp³-hybridized carbons (Fsp3) is 0.636. The summed E-state index contributed by atoms with van der Waals surface area (Å²) < 4.78 is 0. The average molecular weight is 510 g/mol. The summed E-state index contributed by atoms with van der Waals surface area (Å²) in [5.74, 6) is -1.52. The molecule has 1 saturated heterocycles. The molecule has 0 N–H and O–H groups in total. The van der Waals surface area contributed by atoms with Gasteiger partial charge in [-0.15, -0.1) is 9.81 Å². The van der Waals surface area contributed by atoms with Gasteiger partial charge >= 0.3 is 0 Å². The van der Waals surface area contributed by atoms with Crippen LogP contribution in [-0.4, -0.2) is 115 Å². The number of rotatable bonds is 8. The van der Waals surface area contributed by atoms with Crippen LogP contribution in [0.4, 0.5) is 0 Å². The molecule has 35 heavy (non-hydrogen) atoms. The Morgan fingerprint density at radius 1 is 0.829 bits per heavy atom. The van der Waals surface area contributed by atoms with Crippen LogP contribution in [0, 0.1) is 9.81 Å². The number of carbonyl (C=O) groups excluding carboxylic acids is 3. The van der Waals surface area contributed by atoms with E-state index < -0.39 is 11.8 Å². The van der Waals surface area contributed by atoms with Crippen LogP contribution in [0.1, 0.15) is 18.5 Å². The van der Waals surface area contributed by atoms with Crippen LogP contribution in [-0.2, 0) is 20.9 Å². The average Bonchev–Trinajstić information content (AvgIpc) is 2.84. The third kappa shape index (κ3) is 11.6. The summed E-state index contributed by atoms with van der Waals surface area (Å²) in [7, 11) is 0. The van der Waals surface area contributed by atoms with Crippen LogP contribution in [0.25, 0.3) is 0 Å². The first-order valence-corrected chi connectivity index (χ1v) is 12.0. The van der Waals surface area contributed by atoms with Crippen LogP contribution in [0.3, 0.4) is 0 Å². The molecule has 1 fully saturated rings. The Kier molecular flexibility index (Phi) is 13.3. The van der Waals surface area contributed by atoms with Gasteiger partial charge in [-0.05, 0) is 51.2 Å². The smallest absolute Gasteiger partial charge is 0.300 e. The lowest BCUT2D eigenvalue weighted by Crippen LogP contribution is -2.43. The number of aldehydes is 1. The second-order valence-electron chi connectivity index (χ2n) is 8.42. The van der Waals surface area contributed by atoms with Gasteiger partial charge in [-0.2, -0.15) is 0 Å². The van der Waals surface area contributed by atoms with E-state index in [1.165, 1.54) is 0 Å². The fourth-order valence-corrected chi connectivity index (χ4v) is 4.20. The van der Waals surface area contributed by atoms with Crippen molar-refractivity contribution >= 4 is 29.7 Å². The van der Waals surface area contributed by atoms with Gasteiger partial charge in [0, 0.05) is 43.1 Å². The molecule has 0 radical (unpaired) electrons. The zero-order valence-electron chi connectivity index (χ0n) is 19.8. The molecule has 0 bridgehead atoms. The highest BCUT2D eigenvalue weighted by atomic mass is 35.5. The first-order valence-electron chi connectivity index (χ1n) is 11.6. The van der Waals surface area contributed by atoms with E-state index in [1.807, 2.05) is 17.0 Å². The van der Waals surface area contributed by atoms with Crippen molar-refractivity contribution in [1.29, 1.82) is 0 Å². The summed E-state index contributed by atoms with van der Waals surface area (Å²) in [4.78, 5) is 68.1. The number of nitrogens with zero attached hydrogens (tertiary/aromatic N) is 7. The SMILES string of the molecule is O=CCN1CCCN(CC(=O)N=O)CCN(CC(=O)N=O)CCCN(Cc2cccc(Cl)n2)CC1. The Morgan fingerprint density at radius 2 is 1.34 bits per heavy atom. The lowest BCUT2D eigenvalue weighted by Gasteiger charge is -2.30. The molecule has 0 aliphatic carbocycles. The molecule has 2 rings (SSSR count). The highest BCUT2D eigenvalue weighted by molar-refractivity contribution is 6.29. The summed E-state index contributed by atoms with van der Waals surface area (Å²) in [6, 6.07) is 5.48. The largest absolute Gasteiger partial charge is 0.302 e. The summed E-state index contributed by atoms with van der Waals surface area (Å²) in [6.45, 7) is 5.21. The van der Waals surface area contributed by atoms with Gasteiger partial charge in [0.2, 0.25) is 0 Å². The normalized spacial score (nSPS) is 18.4. The molecular weight excluding hydrogens is 478 g/mol. The predicted molar refractivity (Wildman–Crippen MR) is 131 cm³/mol. The molecule has 2 amide bonds. The molecular formula is C22H32ClN7O5. The van der Waals surface area contributed by atoms with Crippen molar-refractivity contribution in [2.75, 3.05) is 72.0 Å². The van der Waals surface area contributed by atoms with Crippen LogP contribution in [0.2, 0.25) is 5.15 Å². The van der Waals surface area contributed by atoms with Gasteiger partial charge in [0.1, 0.15) is 11.4 Å². The van der Waals surface area contributed by atoms with E-state index in [0.717, 1.165) is 12.0 Å². The zero-order valence-corrected chi connectivity index (χ0v) is 20.5. The maximum atomic E-state index is 11.7. The van der Waals surface area contributed by atoms with E-state index >= 15 is 0 Å². The van der Waals surface area contributed by atoms with Gasteiger partial charge in [0.05, 0.1) is 25.3 Å². The molecule has 0 aromatic carbocycles. The summed E-state index contributed by atoms with van der Waals surface area (Å²) in [5.41, 5.74) is 0.835. The number of nitroso groups, excluding NO2 is 2. The van der Waals surface area contributed by atoms with Gasteiger partial charge < -0.3 is 4.79 Å². The quantitative estimate of drug-likeness (QED) is 0.284.